The van der Waals surface area contributed by atoms with Crippen LogP contribution in [-0.4, -0.2) is 8.75 Å². The summed E-state index contributed by atoms with van der Waals surface area (Å²) < 4.78 is 9.55. The smallest absolute Gasteiger partial charge is 0.131 e. The predicted molar refractivity (Wildman–Crippen MR) is 254 cm³/mol. The minimum absolute atomic E-state index is 0.143. The fourth-order valence-corrected chi connectivity index (χ4v) is 10.6. The highest BCUT2D eigenvalue weighted by molar-refractivity contribution is 7.14. The molecule has 3 heterocycles. The van der Waals surface area contributed by atoms with E-state index in [0.717, 1.165) is 83.3 Å². The maximum atomic E-state index is 9.65. The molecule has 0 unspecified atom stereocenters. The van der Waals surface area contributed by atoms with Gasteiger partial charge in [0.1, 0.15) is 46.5 Å². The van der Waals surface area contributed by atoms with Gasteiger partial charge in [-0.05, 0) is 97.9 Å². The topological polar surface area (TPSA) is 121 Å². The van der Waals surface area contributed by atoms with Crippen molar-refractivity contribution in [1.82, 2.24) is 8.75 Å². The van der Waals surface area contributed by atoms with Crippen molar-refractivity contribution in [3.05, 3.63) is 76.2 Å². The number of fused-ring (bicyclic) bond motifs is 1. The number of benzene rings is 1. The van der Waals surface area contributed by atoms with Crippen LogP contribution in [0.2, 0.25) is 0 Å². The normalized spacial score (nSPS) is 11.2. The molecule has 0 aliphatic heterocycles. The van der Waals surface area contributed by atoms with Crippen LogP contribution in [0.25, 0.3) is 47.5 Å². The molecule has 1 aromatic carbocycles. The molecule has 0 spiro atoms. The van der Waals surface area contributed by atoms with E-state index >= 15 is 0 Å². The standard InChI is InChI=1S/C50H60N6S3/c1-5-9-13-17-21-41-43(23-19-15-11-7-3)47(31-37(33-51)34-52)57-45(41)29-27-39-25-26-40(50-49(39)55-59-56-50)28-30-46-42(22-18-14-10-6-2)44(24-20-16-12-8-4)48(58-46)32-38(35-53)36-54/h25-32H,5-24H2,1-4H3/b29-27+,30-28+. The minimum atomic E-state index is 0.143. The quantitative estimate of drug-likeness (QED) is 0.0458. The van der Waals surface area contributed by atoms with Crippen LogP contribution in [0, 0.1) is 45.3 Å². The van der Waals surface area contributed by atoms with Crippen LogP contribution in [0.5, 0.6) is 0 Å². The molecular weight excluding hydrogens is 781 g/mol. The summed E-state index contributed by atoms with van der Waals surface area (Å²) in [7, 11) is 0. The van der Waals surface area contributed by atoms with Crippen molar-refractivity contribution in [2.75, 3.05) is 0 Å². The highest BCUT2D eigenvalue weighted by Gasteiger charge is 2.19. The van der Waals surface area contributed by atoms with Gasteiger partial charge in [0.2, 0.25) is 0 Å². The van der Waals surface area contributed by atoms with Crippen LogP contribution in [-0.2, 0) is 25.7 Å². The molecule has 0 atom stereocenters. The second kappa shape index (κ2) is 26.5. The first-order chi connectivity index (χ1) is 29.0. The molecular formula is C50H60N6S3. The van der Waals surface area contributed by atoms with Crippen LogP contribution >= 0.6 is 34.4 Å². The lowest BCUT2D eigenvalue weighted by atomic mass is 9.95. The first-order valence-electron chi connectivity index (χ1n) is 21.9. The molecule has 308 valence electrons. The lowest BCUT2D eigenvalue weighted by Gasteiger charge is -2.08. The van der Waals surface area contributed by atoms with Gasteiger partial charge >= 0.3 is 0 Å². The summed E-state index contributed by atoms with van der Waals surface area (Å²) in [6.07, 6.45) is 34.8. The van der Waals surface area contributed by atoms with Crippen LogP contribution in [0.15, 0.2) is 23.3 Å². The summed E-state index contributed by atoms with van der Waals surface area (Å²) in [4.78, 5) is 4.43. The van der Waals surface area contributed by atoms with E-state index < -0.39 is 0 Å². The zero-order chi connectivity index (χ0) is 42.2. The molecule has 0 bridgehead atoms. The number of unbranched alkanes of at least 4 members (excludes halogenated alkanes) is 12. The van der Waals surface area contributed by atoms with E-state index in [1.54, 1.807) is 34.8 Å². The van der Waals surface area contributed by atoms with Gasteiger partial charge in [0.15, 0.2) is 0 Å². The van der Waals surface area contributed by atoms with E-state index in [9.17, 15) is 21.0 Å². The summed E-state index contributed by atoms with van der Waals surface area (Å²) in [6.45, 7) is 8.93. The van der Waals surface area contributed by atoms with Gasteiger partial charge in [0.05, 0.1) is 11.7 Å². The Kier molecular flexibility index (Phi) is 21.1. The molecule has 9 heteroatoms. The van der Waals surface area contributed by atoms with Crippen molar-refractivity contribution in [3.63, 3.8) is 0 Å². The zero-order valence-electron chi connectivity index (χ0n) is 35.7. The van der Waals surface area contributed by atoms with Crippen LogP contribution in [0.4, 0.5) is 0 Å². The van der Waals surface area contributed by atoms with Gasteiger partial charge in [-0.3, -0.25) is 0 Å². The second-order valence-electron chi connectivity index (χ2n) is 15.3. The summed E-state index contributed by atoms with van der Waals surface area (Å²) >= 11 is 4.60. The average molecular weight is 841 g/mol. The summed E-state index contributed by atoms with van der Waals surface area (Å²) in [5, 5.41) is 38.6. The second-order valence-corrected chi connectivity index (χ2v) is 17.9. The van der Waals surface area contributed by atoms with E-state index in [-0.39, 0.29) is 11.1 Å². The van der Waals surface area contributed by atoms with E-state index in [2.05, 4.69) is 88.4 Å². The van der Waals surface area contributed by atoms with E-state index in [1.165, 1.54) is 121 Å². The Labute approximate surface area is 366 Å². The van der Waals surface area contributed by atoms with E-state index in [0.29, 0.717) is 0 Å². The van der Waals surface area contributed by atoms with Gasteiger partial charge < -0.3 is 0 Å². The number of aromatic nitrogens is 2. The fourth-order valence-electron chi connectivity index (χ4n) is 7.54. The largest absolute Gasteiger partial charge is 0.192 e. The molecule has 0 saturated heterocycles. The average Bonchev–Trinajstić information content (AvgIpc) is 3.97. The van der Waals surface area contributed by atoms with Crippen LogP contribution < -0.4 is 0 Å². The number of nitrogens with zero attached hydrogens (tertiary/aromatic N) is 6. The lowest BCUT2D eigenvalue weighted by Crippen LogP contribution is -1.96. The highest BCUT2D eigenvalue weighted by atomic mass is 32.1. The van der Waals surface area contributed by atoms with Crippen molar-refractivity contribution in [3.8, 4) is 24.3 Å². The molecule has 4 rings (SSSR count). The van der Waals surface area contributed by atoms with Crippen LogP contribution in [0.3, 0.4) is 0 Å². The van der Waals surface area contributed by atoms with Crippen molar-refractivity contribution in [2.24, 2.45) is 0 Å². The predicted octanol–water partition coefficient (Wildman–Crippen LogP) is 15.5. The molecule has 4 aromatic rings. The van der Waals surface area contributed by atoms with Gasteiger partial charge in [-0.15, -0.1) is 22.7 Å². The number of hydrogen-bond acceptors (Lipinski definition) is 9. The maximum Gasteiger partial charge on any atom is 0.131 e. The fraction of sp³-hybridized carbons (Fsp3) is 0.480. The van der Waals surface area contributed by atoms with E-state index in [1.807, 2.05) is 0 Å². The van der Waals surface area contributed by atoms with Crippen molar-refractivity contribution in [2.45, 2.75) is 156 Å². The molecule has 0 radical (unpaired) electrons. The first kappa shape index (κ1) is 47.0. The number of thiophene rings is 2. The Hall–Kier alpha value is -4.64. The molecule has 0 N–H and O–H groups in total. The molecule has 0 saturated carbocycles. The van der Waals surface area contributed by atoms with Gasteiger partial charge in [-0.2, -0.15) is 29.8 Å². The molecule has 0 aliphatic rings. The molecule has 6 nitrogen and oxygen atoms in total. The third kappa shape index (κ3) is 14.0. The third-order valence-electron chi connectivity index (χ3n) is 10.8. The molecule has 0 aliphatic carbocycles. The Bertz CT molecular complexity index is 2060. The Morgan fingerprint density at radius 3 is 1.08 bits per heavy atom. The third-order valence-corrected chi connectivity index (χ3v) is 13.7. The summed E-state index contributed by atoms with van der Waals surface area (Å²) in [5.74, 6) is 0. The number of nitriles is 4. The number of hydrogen-bond donors (Lipinski definition) is 0. The van der Waals surface area contributed by atoms with Crippen molar-refractivity contribution < 1.29 is 0 Å². The molecule has 3 aromatic heterocycles. The maximum absolute atomic E-state index is 9.65. The van der Waals surface area contributed by atoms with Gasteiger partial charge in [0, 0.05) is 30.6 Å². The van der Waals surface area contributed by atoms with Crippen LogP contribution in [0.1, 0.15) is 183 Å². The van der Waals surface area contributed by atoms with Gasteiger partial charge in [-0.1, -0.05) is 129 Å². The summed E-state index contributed by atoms with van der Waals surface area (Å²) in [5.41, 5.74) is 9.31. The zero-order valence-corrected chi connectivity index (χ0v) is 38.1. The van der Waals surface area contributed by atoms with Crippen molar-refractivity contribution >= 4 is 81.9 Å². The first-order valence-corrected chi connectivity index (χ1v) is 24.3. The monoisotopic (exact) mass is 840 g/mol. The van der Waals surface area contributed by atoms with Gasteiger partial charge in [0.25, 0.3) is 0 Å². The molecule has 0 amide bonds. The Morgan fingerprint density at radius 1 is 0.458 bits per heavy atom. The van der Waals surface area contributed by atoms with Gasteiger partial charge in [-0.25, -0.2) is 0 Å². The molecule has 59 heavy (non-hydrogen) atoms. The molecule has 0 fully saturated rings. The Balaban J connectivity index is 1.75. The Morgan fingerprint density at radius 2 is 0.780 bits per heavy atom. The SMILES string of the molecule is CCCCCCc1c(C=C(C#N)C#N)sc(/C=C/c2ccc(/C=C/c3sc(C=C(C#N)C#N)c(CCCCCC)c3CCCCCC)c3nsnc23)c1CCCCCC. The number of rotatable bonds is 26. The lowest BCUT2D eigenvalue weighted by molar-refractivity contribution is 0.651. The highest BCUT2D eigenvalue weighted by Crippen LogP contribution is 2.37. The van der Waals surface area contributed by atoms with E-state index in [4.69, 9.17) is 8.75 Å². The van der Waals surface area contributed by atoms with Crippen molar-refractivity contribution in [1.29, 1.82) is 21.0 Å². The minimum Gasteiger partial charge on any atom is -0.192 e. The number of allylic oxidation sites excluding steroid dienone is 2. The summed E-state index contributed by atoms with van der Waals surface area (Å²) in [6, 6.07) is 12.6.